The first kappa shape index (κ1) is 14.6. The monoisotopic (exact) mass is 281 g/mol. The van der Waals surface area contributed by atoms with E-state index in [1.54, 1.807) is 0 Å². The van der Waals surface area contributed by atoms with Crippen molar-refractivity contribution >= 4 is 0 Å². The molecule has 2 rings (SSSR count). The molecule has 4 nitrogen and oxygen atoms in total. The van der Waals surface area contributed by atoms with Crippen molar-refractivity contribution in [3.05, 3.63) is 35.7 Å². The summed E-state index contributed by atoms with van der Waals surface area (Å²) in [5, 5.41) is 6.96. The maximum absolute atomic E-state index is 13.2. The summed E-state index contributed by atoms with van der Waals surface area (Å²) in [7, 11) is 1.86. The van der Waals surface area contributed by atoms with Crippen LogP contribution in [0.4, 0.5) is 8.78 Å². The maximum Gasteiger partial charge on any atom is 0.231 e. The molecule has 0 aliphatic rings. The summed E-state index contributed by atoms with van der Waals surface area (Å²) in [5.41, 5.74) is 0.266. The third-order valence-electron chi connectivity index (χ3n) is 3.37. The van der Waals surface area contributed by atoms with E-state index in [2.05, 4.69) is 22.4 Å². The third-order valence-corrected chi connectivity index (χ3v) is 3.37. The standard InChI is InChI=1S/C14H17F2N3O/c1-4-12(17-3)8(2)14-18-13(19-20-14)9-5-10(15)7-11(16)6-9/h5-8,12,17H,4H2,1-3H3. The molecule has 2 unspecified atom stereocenters. The van der Waals surface area contributed by atoms with E-state index in [1.165, 1.54) is 12.1 Å². The second kappa shape index (κ2) is 6.09. The molecule has 0 saturated heterocycles. The van der Waals surface area contributed by atoms with Gasteiger partial charge in [-0.25, -0.2) is 8.78 Å². The van der Waals surface area contributed by atoms with Crippen molar-refractivity contribution in [2.24, 2.45) is 0 Å². The number of benzene rings is 1. The van der Waals surface area contributed by atoms with Gasteiger partial charge in [-0.2, -0.15) is 4.98 Å². The van der Waals surface area contributed by atoms with E-state index in [4.69, 9.17) is 4.52 Å². The van der Waals surface area contributed by atoms with Crippen molar-refractivity contribution in [1.82, 2.24) is 15.5 Å². The van der Waals surface area contributed by atoms with E-state index < -0.39 is 11.6 Å². The first-order valence-corrected chi connectivity index (χ1v) is 6.52. The lowest BCUT2D eigenvalue weighted by Gasteiger charge is -2.18. The Morgan fingerprint density at radius 2 is 1.90 bits per heavy atom. The first-order chi connectivity index (χ1) is 9.55. The van der Waals surface area contributed by atoms with E-state index in [9.17, 15) is 8.78 Å². The summed E-state index contributed by atoms with van der Waals surface area (Å²) in [5.74, 6) is -0.672. The molecule has 1 aromatic heterocycles. The van der Waals surface area contributed by atoms with Crippen molar-refractivity contribution in [1.29, 1.82) is 0 Å². The van der Waals surface area contributed by atoms with Crippen LogP contribution in [-0.2, 0) is 0 Å². The van der Waals surface area contributed by atoms with Gasteiger partial charge in [0.05, 0.1) is 5.92 Å². The number of hydrogen-bond donors (Lipinski definition) is 1. The molecule has 0 radical (unpaired) electrons. The number of nitrogens with one attached hydrogen (secondary N) is 1. The quantitative estimate of drug-likeness (QED) is 0.915. The highest BCUT2D eigenvalue weighted by molar-refractivity contribution is 5.54. The van der Waals surface area contributed by atoms with Gasteiger partial charge in [0.1, 0.15) is 11.6 Å². The van der Waals surface area contributed by atoms with Gasteiger partial charge >= 0.3 is 0 Å². The minimum absolute atomic E-state index is 0.0182. The molecule has 6 heteroatoms. The highest BCUT2D eigenvalue weighted by atomic mass is 19.1. The molecule has 0 fully saturated rings. The lowest BCUT2D eigenvalue weighted by Crippen LogP contribution is -2.30. The number of hydrogen-bond acceptors (Lipinski definition) is 4. The minimum atomic E-state index is -0.666. The zero-order valence-electron chi connectivity index (χ0n) is 11.7. The summed E-state index contributed by atoms with van der Waals surface area (Å²) >= 11 is 0. The molecule has 20 heavy (non-hydrogen) atoms. The molecule has 2 aromatic rings. The summed E-state index contributed by atoms with van der Waals surface area (Å²) < 4.78 is 31.6. The molecule has 0 aliphatic heterocycles. The number of rotatable bonds is 5. The van der Waals surface area contributed by atoms with Gasteiger partial charge in [-0.1, -0.05) is 19.0 Å². The smallest absolute Gasteiger partial charge is 0.231 e. The normalized spacial score (nSPS) is 14.2. The molecule has 0 amide bonds. The van der Waals surface area contributed by atoms with E-state index >= 15 is 0 Å². The average Bonchev–Trinajstić information content (AvgIpc) is 2.88. The predicted octanol–water partition coefficient (Wildman–Crippen LogP) is 3.12. The molecule has 1 N–H and O–H groups in total. The van der Waals surface area contributed by atoms with Crippen LogP contribution >= 0.6 is 0 Å². The molecule has 0 saturated carbocycles. The van der Waals surface area contributed by atoms with E-state index in [-0.39, 0.29) is 23.3 Å². The second-order valence-electron chi connectivity index (χ2n) is 4.71. The zero-order valence-corrected chi connectivity index (χ0v) is 11.7. The van der Waals surface area contributed by atoms with Gasteiger partial charge in [0.2, 0.25) is 11.7 Å². The van der Waals surface area contributed by atoms with Gasteiger partial charge in [-0.3, -0.25) is 0 Å². The predicted molar refractivity (Wildman–Crippen MR) is 71.2 cm³/mol. The van der Waals surface area contributed by atoms with Crippen LogP contribution in [0.1, 0.15) is 32.1 Å². The Kier molecular flexibility index (Phi) is 4.44. The van der Waals surface area contributed by atoms with Crippen LogP contribution in [0.5, 0.6) is 0 Å². The largest absolute Gasteiger partial charge is 0.339 e. The first-order valence-electron chi connectivity index (χ1n) is 6.52. The summed E-state index contributed by atoms with van der Waals surface area (Å²) in [4.78, 5) is 4.23. The Balaban J connectivity index is 2.28. The highest BCUT2D eigenvalue weighted by Crippen LogP contribution is 2.24. The topological polar surface area (TPSA) is 51.0 Å². The van der Waals surface area contributed by atoms with Gasteiger partial charge in [0, 0.05) is 17.7 Å². The van der Waals surface area contributed by atoms with E-state index in [1.807, 2.05) is 14.0 Å². The summed E-state index contributed by atoms with van der Waals surface area (Å²) in [6, 6.07) is 3.36. The van der Waals surface area contributed by atoms with Crippen LogP contribution in [0, 0.1) is 11.6 Å². The van der Waals surface area contributed by atoms with Gasteiger partial charge in [-0.15, -0.1) is 0 Å². The van der Waals surface area contributed by atoms with Crippen molar-refractivity contribution in [3.8, 4) is 11.4 Å². The molecule has 0 bridgehead atoms. The third kappa shape index (κ3) is 3.01. The number of nitrogens with zero attached hydrogens (tertiary/aromatic N) is 2. The SMILES string of the molecule is CCC(NC)C(C)c1nc(-c2cc(F)cc(F)c2)no1. The minimum Gasteiger partial charge on any atom is -0.339 e. The van der Waals surface area contributed by atoms with Crippen LogP contribution in [0.25, 0.3) is 11.4 Å². The van der Waals surface area contributed by atoms with Gasteiger partial charge in [-0.05, 0) is 25.6 Å². The van der Waals surface area contributed by atoms with E-state index in [0.717, 1.165) is 12.5 Å². The zero-order chi connectivity index (χ0) is 14.7. The van der Waals surface area contributed by atoms with Crippen LogP contribution in [-0.4, -0.2) is 23.2 Å². The molecular formula is C14H17F2N3O. The Labute approximate surface area is 116 Å². The van der Waals surface area contributed by atoms with Gasteiger partial charge in [0.25, 0.3) is 0 Å². The Bertz CT molecular complexity index is 561. The fourth-order valence-corrected chi connectivity index (χ4v) is 2.20. The average molecular weight is 281 g/mol. The van der Waals surface area contributed by atoms with E-state index in [0.29, 0.717) is 5.89 Å². The van der Waals surface area contributed by atoms with Crippen molar-refractivity contribution in [3.63, 3.8) is 0 Å². The molecule has 0 aliphatic carbocycles. The molecule has 1 heterocycles. The Hall–Kier alpha value is -1.82. The Morgan fingerprint density at radius 3 is 2.45 bits per heavy atom. The molecule has 1 aromatic carbocycles. The van der Waals surface area contributed by atoms with Crippen molar-refractivity contribution in [2.75, 3.05) is 7.05 Å². The molecular weight excluding hydrogens is 264 g/mol. The lowest BCUT2D eigenvalue weighted by atomic mass is 10.00. The van der Waals surface area contributed by atoms with Gasteiger partial charge in [0.15, 0.2) is 0 Å². The summed E-state index contributed by atoms with van der Waals surface area (Å²) in [6.45, 7) is 4.02. The molecule has 2 atom stereocenters. The maximum atomic E-state index is 13.2. The van der Waals surface area contributed by atoms with Crippen LogP contribution in [0.3, 0.4) is 0 Å². The van der Waals surface area contributed by atoms with Crippen molar-refractivity contribution in [2.45, 2.75) is 32.2 Å². The number of aromatic nitrogens is 2. The number of halogens is 2. The molecule has 0 spiro atoms. The van der Waals surface area contributed by atoms with Crippen LogP contribution in [0.15, 0.2) is 22.7 Å². The van der Waals surface area contributed by atoms with Crippen LogP contribution in [0.2, 0.25) is 0 Å². The van der Waals surface area contributed by atoms with Crippen molar-refractivity contribution < 1.29 is 13.3 Å². The lowest BCUT2D eigenvalue weighted by molar-refractivity contribution is 0.326. The summed E-state index contributed by atoms with van der Waals surface area (Å²) in [6.07, 6.45) is 0.907. The molecule has 108 valence electrons. The Morgan fingerprint density at radius 1 is 1.25 bits per heavy atom. The fraction of sp³-hybridized carbons (Fsp3) is 0.429. The fourth-order valence-electron chi connectivity index (χ4n) is 2.20. The highest BCUT2D eigenvalue weighted by Gasteiger charge is 2.22. The second-order valence-corrected chi connectivity index (χ2v) is 4.71. The van der Waals surface area contributed by atoms with Gasteiger partial charge < -0.3 is 9.84 Å². The number of likely N-dealkylation sites (N-methyl/N-ethyl adjacent to an activating group) is 1. The van der Waals surface area contributed by atoms with Crippen LogP contribution < -0.4 is 5.32 Å².